The molecule has 0 atom stereocenters. The van der Waals surface area contributed by atoms with E-state index in [1.807, 2.05) is 48.5 Å². The number of nitrogens with zero attached hydrogens (tertiary/aromatic N) is 1. The quantitative estimate of drug-likeness (QED) is 0.693. The van der Waals surface area contributed by atoms with Crippen LogP contribution in [0.3, 0.4) is 0 Å². The summed E-state index contributed by atoms with van der Waals surface area (Å²) < 4.78 is 13.2. The van der Waals surface area contributed by atoms with Gasteiger partial charge in [-0.15, -0.1) is 0 Å². The molecule has 0 bridgehead atoms. The van der Waals surface area contributed by atoms with E-state index in [9.17, 15) is 4.39 Å². The van der Waals surface area contributed by atoms with E-state index in [0.29, 0.717) is 13.1 Å². The monoisotopic (exact) mass is 321 g/mol. The molecule has 0 aliphatic carbocycles. The molecule has 0 spiro atoms. The molecule has 4 N–H and O–H groups in total. The van der Waals surface area contributed by atoms with Crippen molar-refractivity contribution in [1.29, 1.82) is 0 Å². The van der Waals surface area contributed by atoms with Gasteiger partial charge < -0.3 is 16.4 Å². The van der Waals surface area contributed by atoms with Gasteiger partial charge in [0.05, 0.1) is 0 Å². The first-order chi connectivity index (χ1) is 11.6. The van der Waals surface area contributed by atoms with Crippen molar-refractivity contribution in [3.63, 3.8) is 0 Å². The van der Waals surface area contributed by atoms with Crippen LogP contribution in [-0.2, 0) is 13.1 Å². The molecule has 24 heavy (non-hydrogen) atoms. The SMILES string of the molecule is Nc1ccc(CN(Cc2ccc(N)cc2)c2ccc(F)cc2)cc1. The lowest BCUT2D eigenvalue weighted by atomic mass is 10.1. The van der Waals surface area contributed by atoms with Crippen LogP contribution in [0.4, 0.5) is 21.5 Å². The molecule has 0 saturated heterocycles. The van der Waals surface area contributed by atoms with Crippen LogP contribution in [0.1, 0.15) is 11.1 Å². The molecule has 0 aliphatic rings. The number of nitrogen functional groups attached to an aromatic ring is 2. The second-order valence-corrected chi connectivity index (χ2v) is 5.82. The molecule has 3 aromatic rings. The Balaban J connectivity index is 1.86. The second kappa shape index (κ2) is 7.04. The molecule has 122 valence electrons. The third-order valence-electron chi connectivity index (χ3n) is 3.90. The third kappa shape index (κ3) is 4.04. The molecule has 0 fully saturated rings. The molecular weight excluding hydrogens is 301 g/mol. The van der Waals surface area contributed by atoms with Crippen LogP contribution in [0.5, 0.6) is 0 Å². The van der Waals surface area contributed by atoms with Gasteiger partial charge in [0.25, 0.3) is 0 Å². The van der Waals surface area contributed by atoms with Gasteiger partial charge in [0.15, 0.2) is 0 Å². The van der Waals surface area contributed by atoms with E-state index in [2.05, 4.69) is 4.90 Å². The topological polar surface area (TPSA) is 55.3 Å². The van der Waals surface area contributed by atoms with E-state index in [-0.39, 0.29) is 5.82 Å². The fraction of sp³-hybridized carbons (Fsp3) is 0.100. The van der Waals surface area contributed by atoms with Crippen molar-refractivity contribution < 1.29 is 4.39 Å². The van der Waals surface area contributed by atoms with Gasteiger partial charge in [0.2, 0.25) is 0 Å². The molecule has 3 nitrogen and oxygen atoms in total. The van der Waals surface area contributed by atoms with E-state index < -0.39 is 0 Å². The fourth-order valence-corrected chi connectivity index (χ4v) is 2.58. The summed E-state index contributed by atoms with van der Waals surface area (Å²) in [6.07, 6.45) is 0. The normalized spacial score (nSPS) is 10.5. The van der Waals surface area contributed by atoms with Gasteiger partial charge in [0, 0.05) is 30.2 Å². The van der Waals surface area contributed by atoms with Crippen molar-refractivity contribution in [1.82, 2.24) is 0 Å². The molecule has 4 heteroatoms. The summed E-state index contributed by atoms with van der Waals surface area (Å²) in [6, 6.07) is 22.1. The Kier molecular flexibility index (Phi) is 4.66. The highest BCUT2D eigenvalue weighted by Crippen LogP contribution is 2.21. The van der Waals surface area contributed by atoms with Crippen molar-refractivity contribution in [2.45, 2.75) is 13.1 Å². The number of nitrogens with two attached hydrogens (primary N) is 2. The summed E-state index contributed by atoms with van der Waals surface area (Å²) in [7, 11) is 0. The fourth-order valence-electron chi connectivity index (χ4n) is 2.58. The van der Waals surface area contributed by atoms with Crippen LogP contribution in [0.2, 0.25) is 0 Å². The Labute approximate surface area is 141 Å². The second-order valence-electron chi connectivity index (χ2n) is 5.82. The first-order valence-corrected chi connectivity index (χ1v) is 7.79. The predicted molar refractivity (Wildman–Crippen MR) is 98.0 cm³/mol. The minimum atomic E-state index is -0.237. The average molecular weight is 321 g/mol. The van der Waals surface area contributed by atoms with Gasteiger partial charge in [0.1, 0.15) is 5.82 Å². The maximum atomic E-state index is 13.2. The van der Waals surface area contributed by atoms with E-state index in [0.717, 1.165) is 28.2 Å². The minimum Gasteiger partial charge on any atom is -0.399 e. The van der Waals surface area contributed by atoms with Crippen LogP contribution >= 0.6 is 0 Å². The molecular formula is C20H20FN3. The zero-order valence-electron chi connectivity index (χ0n) is 13.3. The van der Waals surface area contributed by atoms with Crippen molar-refractivity contribution in [2.75, 3.05) is 16.4 Å². The molecule has 0 unspecified atom stereocenters. The first kappa shape index (κ1) is 15.9. The summed E-state index contributed by atoms with van der Waals surface area (Å²) in [4.78, 5) is 2.19. The van der Waals surface area contributed by atoms with Gasteiger partial charge in [-0.3, -0.25) is 0 Å². The Bertz CT molecular complexity index is 733. The highest BCUT2D eigenvalue weighted by Gasteiger charge is 2.09. The first-order valence-electron chi connectivity index (χ1n) is 7.79. The van der Waals surface area contributed by atoms with Crippen LogP contribution in [0, 0.1) is 5.82 Å². The smallest absolute Gasteiger partial charge is 0.123 e. The molecule has 3 rings (SSSR count). The van der Waals surface area contributed by atoms with Crippen LogP contribution in [0.25, 0.3) is 0 Å². The van der Waals surface area contributed by atoms with Gasteiger partial charge in [-0.05, 0) is 59.7 Å². The van der Waals surface area contributed by atoms with Gasteiger partial charge in [-0.1, -0.05) is 24.3 Å². The molecule has 0 amide bonds. The largest absolute Gasteiger partial charge is 0.399 e. The summed E-state index contributed by atoms with van der Waals surface area (Å²) in [6.45, 7) is 1.41. The standard InChI is InChI=1S/C20H20FN3/c21-17-5-11-20(12-6-17)24(13-15-1-7-18(22)8-2-15)14-16-3-9-19(23)10-4-16/h1-12H,13-14,22-23H2. The Hall–Kier alpha value is -3.01. The maximum Gasteiger partial charge on any atom is 0.123 e. The predicted octanol–water partition coefficient (Wildman–Crippen LogP) is 4.20. The van der Waals surface area contributed by atoms with Gasteiger partial charge in [-0.25, -0.2) is 4.39 Å². The molecule has 0 aromatic heterocycles. The van der Waals surface area contributed by atoms with E-state index >= 15 is 0 Å². The Morgan fingerprint density at radius 1 is 0.625 bits per heavy atom. The zero-order valence-corrected chi connectivity index (χ0v) is 13.3. The Morgan fingerprint density at radius 2 is 1.04 bits per heavy atom. The van der Waals surface area contributed by atoms with E-state index in [1.165, 1.54) is 12.1 Å². The van der Waals surface area contributed by atoms with Gasteiger partial charge >= 0.3 is 0 Å². The van der Waals surface area contributed by atoms with Crippen molar-refractivity contribution in [3.8, 4) is 0 Å². The van der Waals surface area contributed by atoms with E-state index in [4.69, 9.17) is 11.5 Å². The average Bonchev–Trinajstić information content (AvgIpc) is 2.59. The molecule has 3 aromatic carbocycles. The van der Waals surface area contributed by atoms with E-state index in [1.54, 1.807) is 12.1 Å². The number of rotatable bonds is 5. The van der Waals surface area contributed by atoms with Crippen LogP contribution in [-0.4, -0.2) is 0 Å². The summed E-state index contributed by atoms with van der Waals surface area (Å²) in [5.74, 6) is -0.237. The summed E-state index contributed by atoms with van der Waals surface area (Å²) in [5.41, 5.74) is 16.2. The molecule has 0 saturated carbocycles. The highest BCUT2D eigenvalue weighted by atomic mass is 19.1. The van der Waals surface area contributed by atoms with Crippen molar-refractivity contribution in [2.24, 2.45) is 0 Å². The number of hydrogen-bond acceptors (Lipinski definition) is 3. The number of benzene rings is 3. The molecule has 0 heterocycles. The molecule has 0 aliphatic heterocycles. The lowest BCUT2D eigenvalue weighted by Crippen LogP contribution is -2.22. The lowest BCUT2D eigenvalue weighted by Gasteiger charge is -2.25. The van der Waals surface area contributed by atoms with Crippen LogP contribution < -0.4 is 16.4 Å². The summed E-state index contributed by atoms with van der Waals surface area (Å²) >= 11 is 0. The van der Waals surface area contributed by atoms with Crippen LogP contribution in [0.15, 0.2) is 72.8 Å². The molecule has 0 radical (unpaired) electrons. The third-order valence-corrected chi connectivity index (χ3v) is 3.90. The summed E-state index contributed by atoms with van der Waals surface area (Å²) in [5, 5.41) is 0. The number of hydrogen-bond donors (Lipinski definition) is 2. The number of anilines is 3. The minimum absolute atomic E-state index is 0.237. The Morgan fingerprint density at radius 3 is 1.46 bits per heavy atom. The zero-order chi connectivity index (χ0) is 16.9. The highest BCUT2D eigenvalue weighted by molar-refractivity contribution is 5.49. The van der Waals surface area contributed by atoms with Crippen molar-refractivity contribution >= 4 is 17.1 Å². The lowest BCUT2D eigenvalue weighted by molar-refractivity contribution is 0.627. The van der Waals surface area contributed by atoms with Crippen molar-refractivity contribution in [3.05, 3.63) is 89.7 Å². The number of halogens is 1. The van der Waals surface area contributed by atoms with Gasteiger partial charge in [-0.2, -0.15) is 0 Å². The maximum absolute atomic E-state index is 13.2.